The maximum absolute atomic E-state index is 14.6. The van der Waals surface area contributed by atoms with Crippen molar-refractivity contribution in [2.75, 3.05) is 17.4 Å². The van der Waals surface area contributed by atoms with Crippen LogP contribution in [0.15, 0.2) is 77.7 Å². The molecule has 208 valence electrons. The lowest BCUT2D eigenvalue weighted by atomic mass is 10.1. The van der Waals surface area contributed by atoms with E-state index in [0.29, 0.717) is 6.54 Å². The van der Waals surface area contributed by atoms with E-state index in [1.54, 1.807) is 30.3 Å². The van der Waals surface area contributed by atoms with Crippen LogP contribution in [0, 0.1) is 24.5 Å². The summed E-state index contributed by atoms with van der Waals surface area (Å²) in [7, 11) is -4.32. The van der Waals surface area contributed by atoms with Gasteiger partial charge in [0, 0.05) is 18.7 Å². The van der Waals surface area contributed by atoms with Crippen LogP contribution in [0.4, 0.5) is 14.5 Å². The Hall–Kier alpha value is -3.79. The molecule has 0 heterocycles. The van der Waals surface area contributed by atoms with Crippen molar-refractivity contribution >= 4 is 27.5 Å². The summed E-state index contributed by atoms with van der Waals surface area (Å²) in [6, 6.07) is 15.7. The third-order valence-electron chi connectivity index (χ3n) is 6.15. The summed E-state index contributed by atoms with van der Waals surface area (Å²) in [5.41, 5.74) is 1.26. The van der Waals surface area contributed by atoms with Crippen LogP contribution in [0.5, 0.6) is 0 Å². The normalized spacial score (nSPS) is 12.2. The molecule has 0 aliphatic rings. The minimum Gasteiger partial charge on any atom is -0.354 e. The molecule has 7 nitrogen and oxygen atoms in total. The Bertz CT molecular complexity index is 1390. The van der Waals surface area contributed by atoms with E-state index in [-0.39, 0.29) is 28.6 Å². The number of carbonyl (C=O) groups is 2. The van der Waals surface area contributed by atoms with E-state index in [4.69, 9.17) is 0 Å². The first-order valence-corrected chi connectivity index (χ1v) is 14.0. The van der Waals surface area contributed by atoms with Gasteiger partial charge in [0.2, 0.25) is 11.8 Å². The number of anilines is 1. The summed E-state index contributed by atoms with van der Waals surface area (Å²) in [5.74, 6) is -2.16. The van der Waals surface area contributed by atoms with Gasteiger partial charge in [-0.25, -0.2) is 17.2 Å². The number of sulfonamides is 1. The van der Waals surface area contributed by atoms with E-state index in [1.807, 2.05) is 20.8 Å². The minimum atomic E-state index is -4.32. The summed E-state index contributed by atoms with van der Waals surface area (Å²) < 4.78 is 56.4. The highest BCUT2D eigenvalue weighted by Crippen LogP contribution is 2.25. The largest absolute Gasteiger partial charge is 0.354 e. The van der Waals surface area contributed by atoms with Gasteiger partial charge >= 0.3 is 0 Å². The molecule has 0 aliphatic carbocycles. The fourth-order valence-corrected chi connectivity index (χ4v) is 5.23. The van der Waals surface area contributed by atoms with E-state index in [0.717, 1.165) is 39.0 Å². The molecular weight excluding hydrogens is 524 g/mol. The quantitative estimate of drug-likeness (QED) is 0.372. The summed E-state index contributed by atoms with van der Waals surface area (Å²) in [5, 5.41) is 2.78. The van der Waals surface area contributed by atoms with Crippen LogP contribution in [-0.2, 0) is 26.2 Å². The van der Waals surface area contributed by atoms with E-state index >= 15 is 0 Å². The van der Waals surface area contributed by atoms with E-state index in [2.05, 4.69) is 5.32 Å². The van der Waals surface area contributed by atoms with Crippen LogP contribution in [-0.4, -0.2) is 44.3 Å². The molecular formula is C29H33F2N3O4S. The second kappa shape index (κ2) is 12.8. The number of carbonyl (C=O) groups excluding carboxylic acids is 2. The molecule has 0 bridgehead atoms. The monoisotopic (exact) mass is 557 g/mol. The molecule has 1 atom stereocenters. The van der Waals surface area contributed by atoms with Crippen LogP contribution in [0.2, 0.25) is 0 Å². The highest BCUT2D eigenvalue weighted by atomic mass is 32.2. The first kappa shape index (κ1) is 29.8. The van der Waals surface area contributed by atoms with Gasteiger partial charge in [-0.1, -0.05) is 49.7 Å². The molecule has 0 radical (unpaired) electrons. The van der Waals surface area contributed by atoms with Gasteiger partial charge in [0.15, 0.2) is 0 Å². The SMILES string of the molecule is Cc1ccc(N(CC(=O)N(Cc2ccccc2F)C(C)C(=O)NCC(C)C)S(=O)(=O)c2ccc(F)cc2)cc1. The van der Waals surface area contributed by atoms with Gasteiger partial charge < -0.3 is 10.2 Å². The summed E-state index contributed by atoms with van der Waals surface area (Å²) in [6.45, 7) is 6.65. The zero-order valence-electron chi connectivity index (χ0n) is 22.4. The van der Waals surface area contributed by atoms with Crippen LogP contribution in [0.3, 0.4) is 0 Å². The molecule has 3 aromatic rings. The zero-order valence-corrected chi connectivity index (χ0v) is 23.2. The van der Waals surface area contributed by atoms with E-state index < -0.39 is 46.1 Å². The van der Waals surface area contributed by atoms with Crippen molar-refractivity contribution in [3.8, 4) is 0 Å². The van der Waals surface area contributed by atoms with Crippen LogP contribution >= 0.6 is 0 Å². The van der Waals surface area contributed by atoms with Crippen molar-refractivity contribution in [2.45, 2.75) is 45.2 Å². The molecule has 1 N–H and O–H groups in total. The second-order valence-electron chi connectivity index (χ2n) is 9.73. The number of hydrogen-bond acceptors (Lipinski definition) is 4. The Balaban J connectivity index is 2.01. The van der Waals surface area contributed by atoms with Gasteiger partial charge in [0.05, 0.1) is 10.6 Å². The lowest BCUT2D eigenvalue weighted by Crippen LogP contribution is -2.51. The molecule has 1 unspecified atom stereocenters. The summed E-state index contributed by atoms with van der Waals surface area (Å²) in [4.78, 5) is 27.7. The molecule has 0 saturated carbocycles. The minimum absolute atomic E-state index is 0.162. The van der Waals surface area contributed by atoms with Gasteiger partial charge in [-0.15, -0.1) is 0 Å². The predicted octanol–water partition coefficient (Wildman–Crippen LogP) is 4.66. The van der Waals surface area contributed by atoms with Crippen LogP contribution < -0.4 is 9.62 Å². The van der Waals surface area contributed by atoms with Crippen LogP contribution in [0.1, 0.15) is 31.9 Å². The molecule has 3 rings (SSSR count). The van der Waals surface area contributed by atoms with Gasteiger partial charge in [0.25, 0.3) is 10.0 Å². The Morgan fingerprint density at radius 3 is 2.10 bits per heavy atom. The average molecular weight is 558 g/mol. The molecule has 0 spiro atoms. The van der Waals surface area contributed by atoms with Crippen molar-refractivity contribution < 1.29 is 26.8 Å². The van der Waals surface area contributed by atoms with Crippen molar-refractivity contribution in [2.24, 2.45) is 5.92 Å². The third-order valence-corrected chi connectivity index (χ3v) is 7.94. The summed E-state index contributed by atoms with van der Waals surface area (Å²) >= 11 is 0. The number of halogens is 2. The Labute approximate surface area is 228 Å². The molecule has 39 heavy (non-hydrogen) atoms. The third kappa shape index (κ3) is 7.63. The molecule has 3 aromatic carbocycles. The fraction of sp³-hybridized carbons (Fsp3) is 0.310. The number of amides is 2. The molecule has 10 heteroatoms. The molecule has 0 aromatic heterocycles. The standard InChI is InChI=1S/C29H33F2N3O4S/c1-20(2)17-32-29(36)22(4)33(18-23-7-5-6-8-27(23)31)28(35)19-34(25-13-9-21(3)10-14-25)39(37,38)26-15-11-24(30)12-16-26/h5-16,20,22H,17-19H2,1-4H3,(H,32,36). The maximum atomic E-state index is 14.6. The Morgan fingerprint density at radius 2 is 1.51 bits per heavy atom. The number of benzene rings is 3. The van der Waals surface area contributed by atoms with Gasteiger partial charge in [0.1, 0.15) is 24.2 Å². The van der Waals surface area contributed by atoms with E-state index in [9.17, 15) is 26.8 Å². The van der Waals surface area contributed by atoms with Crippen molar-refractivity contribution in [1.82, 2.24) is 10.2 Å². The first-order valence-electron chi connectivity index (χ1n) is 12.6. The smallest absolute Gasteiger partial charge is 0.264 e. The van der Waals surface area contributed by atoms with Gasteiger partial charge in [-0.2, -0.15) is 0 Å². The lowest BCUT2D eigenvalue weighted by Gasteiger charge is -2.32. The molecule has 0 fully saturated rings. The van der Waals surface area contributed by atoms with E-state index in [1.165, 1.54) is 25.1 Å². The fourth-order valence-electron chi connectivity index (χ4n) is 3.82. The van der Waals surface area contributed by atoms with Gasteiger partial charge in [-0.3, -0.25) is 13.9 Å². The number of nitrogens with one attached hydrogen (secondary N) is 1. The van der Waals surface area contributed by atoms with Crippen molar-refractivity contribution in [3.05, 3.63) is 95.6 Å². The number of nitrogens with zero attached hydrogens (tertiary/aromatic N) is 2. The number of aryl methyl sites for hydroxylation is 1. The molecule has 0 aliphatic heterocycles. The number of rotatable bonds is 11. The topological polar surface area (TPSA) is 86.8 Å². The maximum Gasteiger partial charge on any atom is 0.264 e. The second-order valence-corrected chi connectivity index (χ2v) is 11.6. The molecule has 2 amide bonds. The lowest BCUT2D eigenvalue weighted by molar-refractivity contribution is -0.139. The summed E-state index contributed by atoms with van der Waals surface area (Å²) in [6.07, 6.45) is 0. The molecule has 0 saturated heterocycles. The first-order chi connectivity index (χ1) is 18.4. The highest BCUT2D eigenvalue weighted by molar-refractivity contribution is 7.92. The van der Waals surface area contributed by atoms with Crippen LogP contribution in [0.25, 0.3) is 0 Å². The predicted molar refractivity (Wildman–Crippen MR) is 146 cm³/mol. The van der Waals surface area contributed by atoms with Gasteiger partial charge in [-0.05, 0) is 62.2 Å². The highest BCUT2D eigenvalue weighted by Gasteiger charge is 2.33. The zero-order chi connectivity index (χ0) is 28.7. The van der Waals surface area contributed by atoms with Crippen molar-refractivity contribution in [1.29, 1.82) is 0 Å². The van der Waals surface area contributed by atoms with Crippen molar-refractivity contribution in [3.63, 3.8) is 0 Å². The number of hydrogen-bond donors (Lipinski definition) is 1. The Kier molecular flexibility index (Phi) is 9.80. The Morgan fingerprint density at radius 1 is 0.897 bits per heavy atom. The average Bonchev–Trinajstić information content (AvgIpc) is 2.90.